The lowest BCUT2D eigenvalue weighted by atomic mass is 9.70. The minimum absolute atomic E-state index is 0.0992. The van der Waals surface area contributed by atoms with Crippen molar-refractivity contribution in [2.45, 2.75) is 32.1 Å². The zero-order valence-electron chi connectivity index (χ0n) is 13.2. The van der Waals surface area contributed by atoms with Gasteiger partial charge in [-0.05, 0) is 48.3 Å². The van der Waals surface area contributed by atoms with E-state index in [1.165, 1.54) is 22.6 Å². The number of para-hydroxylation sites is 2. The average Bonchev–Trinajstić information content (AvgIpc) is 2.56. The van der Waals surface area contributed by atoms with Crippen molar-refractivity contribution in [2.24, 2.45) is 0 Å². The van der Waals surface area contributed by atoms with Crippen LogP contribution in [0.3, 0.4) is 0 Å². The van der Waals surface area contributed by atoms with Gasteiger partial charge in [-0.1, -0.05) is 56.3 Å². The Labute approximate surface area is 132 Å². The molecule has 0 radical (unpaired) electrons. The molecule has 0 aromatic heterocycles. The molecule has 0 saturated carbocycles. The summed E-state index contributed by atoms with van der Waals surface area (Å²) in [5.41, 5.74) is 6.99. The predicted molar refractivity (Wildman–Crippen MR) is 93.4 cm³/mol. The van der Waals surface area contributed by atoms with Gasteiger partial charge in [0.2, 0.25) is 0 Å². The summed E-state index contributed by atoms with van der Waals surface area (Å²) in [6, 6.07) is 19.5. The van der Waals surface area contributed by atoms with Crippen LogP contribution < -0.4 is 4.90 Å². The molecule has 0 atom stereocenters. The van der Waals surface area contributed by atoms with E-state index in [2.05, 4.69) is 85.5 Å². The van der Waals surface area contributed by atoms with E-state index in [4.69, 9.17) is 0 Å². The van der Waals surface area contributed by atoms with Crippen molar-refractivity contribution in [3.63, 3.8) is 0 Å². The minimum atomic E-state index is 0.0992. The second kappa shape index (κ2) is 4.88. The summed E-state index contributed by atoms with van der Waals surface area (Å²) >= 11 is 0. The minimum Gasteiger partial charge on any atom is -0.310 e. The fourth-order valence-corrected chi connectivity index (χ4v) is 3.84. The Balaban J connectivity index is 2.01. The number of anilines is 2. The third-order valence-electron chi connectivity index (χ3n) is 4.97. The quantitative estimate of drug-likeness (QED) is 0.648. The van der Waals surface area contributed by atoms with Crippen LogP contribution in [0.5, 0.6) is 0 Å². The molecule has 0 unspecified atom stereocenters. The molecule has 1 nitrogen and oxygen atoms in total. The highest BCUT2D eigenvalue weighted by Gasteiger charge is 2.38. The van der Waals surface area contributed by atoms with Crippen LogP contribution >= 0.6 is 0 Å². The van der Waals surface area contributed by atoms with Crippen LogP contribution in [-0.2, 0) is 5.41 Å². The molecule has 1 aliphatic carbocycles. The lowest BCUT2D eigenvalue weighted by Gasteiger charge is -2.44. The van der Waals surface area contributed by atoms with E-state index in [9.17, 15) is 0 Å². The van der Waals surface area contributed by atoms with E-state index in [1.807, 2.05) is 0 Å². The van der Waals surface area contributed by atoms with Crippen LogP contribution in [0.25, 0.3) is 0 Å². The summed E-state index contributed by atoms with van der Waals surface area (Å²) < 4.78 is 0. The van der Waals surface area contributed by atoms with Crippen LogP contribution in [0, 0.1) is 0 Å². The number of hydrogen-bond donors (Lipinski definition) is 0. The Morgan fingerprint density at radius 2 is 1.64 bits per heavy atom. The summed E-state index contributed by atoms with van der Waals surface area (Å²) in [5.74, 6) is 0. The molecular weight excluding hydrogens is 266 g/mol. The first-order chi connectivity index (χ1) is 10.7. The van der Waals surface area contributed by atoms with Crippen LogP contribution in [0.4, 0.5) is 11.4 Å². The summed E-state index contributed by atoms with van der Waals surface area (Å²) in [6.07, 6.45) is 6.91. The van der Waals surface area contributed by atoms with Gasteiger partial charge in [0.1, 0.15) is 0 Å². The molecule has 2 aromatic rings. The van der Waals surface area contributed by atoms with Gasteiger partial charge in [-0.25, -0.2) is 0 Å². The summed E-state index contributed by atoms with van der Waals surface area (Å²) in [5, 5.41) is 0. The van der Waals surface area contributed by atoms with Crippen LogP contribution in [0.15, 0.2) is 78.0 Å². The van der Waals surface area contributed by atoms with E-state index in [0.717, 1.165) is 12.8 Å². The van der Waals surface area contributed by atoms with Crippen molar-refractivity contribution in [1.29, 1.82) is 0 Å². The second-order valence-corrected chi connectivity index (χ2v) is 6.62. The second-order valence-electron chi connectivity index (χ2n) is 6.62. The Hall–Kier alpha value is -2.28. The number of fused-ring (bicyclic) bond motifs is 1. The van der Waals surface area contributed by atoms with Gasteiger partial charge >= 0.3 is 0 Å². The first-order valence-corrected chi connectivity index (χ1v) is 8.04. The van der Waals surface area contributed by atoms with Crippen molar-refractivity contribution in [3.8, 4) is 0 Å². The fraction of sp³-hybridized carbons (Fsp3) is 0.238. The van der Waals surface area contributed by atoms with Crippen LogP contribution in [0.1, 0.15) is 32.3 Å². The van der Waals surface area contributed by atoms with Gasteiger partial charge in [0.25, 0.3) is 0 Å². The molecule has 0 saturated heterocycles. The SMILES string of the molecule is CC1(C)C2=C(C=CCC2)N(c2ccccc2)c2ccccc21. The lowest BCUT2D eigenvalue weighted by molar-refractivity contribution is 0.571. The van der Waals surface area contributed by atoms with Crippen molar-refractivity contribution in [2.75, 3.05) is 4.90 Å². The van der Waals surface area contributed by atoms with Crippen LogP contribution in [0.2, 0.25) is 0 Å². The number of hydrogen-bond acceptors (Lipinski definition) is 1. The number of allylic oxidation sites excluding steroid dienone is 3. The molecule has 0 N–H and O–H groups in total. The van der Waals surface area contributed by atoms with E-state index in [0.29, 0.717) is 0 Å². The Morgan fingerprint density at radius 1 is 0.909 bits per heavy atom. The maximum atomic E-state index is 2.42. The van der Waals surface area contributed by atoms with E-state index >= 15 is 0 Å². The molecule has 2 aromatic carbocycles. The fourth-order valence-electron chi connectivity index (χ4n) is 3.84. The van der Waals surface area contributed by atoms with Crippen molar-refractivity contribution in [1.82, 2.24) is 0 Å². The average molecular weight is 287 g/mol. The third-order valence-corrected chi connectivity index (χ3v) is 4.97. The van der Waals surface area contributed by atoms with Gasteiger partial charge in [-0.15, -0.1) is 0 Å². The molecule has 1 aliphatic heterocycles. The van der Waals surface area contributed by atoms with E-state index < -0.39 is 0 Å². The smallest absolute Gasteiger partial charge is 0.0502 e. The van der Waals surface area contributed by atoms with Gasteiger partial charge in [0, 0.05) is 16.8 Å². The normalized spacial score (nSPS) is 18.9. The predicted octanol–water partition coefficient (Wildman–Crippen LogP) is 5.72. The summed E-state index contributed by atoms with van der Waals surface area (Å²) in [6.45, 7) is 4.73. The maximum Gasteiger partial charge on any atom is 0.0502 e. The molecule has 0 amide bonds. The topological polar surface area (TPSA) is 3.24 Å². The number of nitrogens with zero attached hydrogens (tertiary/aromatic N) is 1. The van der Waals surface area contributed by atoms with Gasteiger partial charge in [-0.3, -0.25) is 0 Å². The van der Waals surface area contributed by atoms with Crippen molar-refractivity contribution < 1.29 is 0 Å². The first kappa shape index (κ1) is 13.4. The Kier molecular flexibility index (Phi) is 2.97. The number of rotatable bonds is 1. The molecule has 0 fully saturated rings. The third kappa shape index (κ3) is 1.85. The highest BCUT2D eigenvalue weighted by Crippen LogP contribution is 2.50. The summed E-state index contributed by atoms with van der Waals surface area (Å²) in [4.78, 5) is 2.42. The molecule has 2 aliphatic rings. The molecule has 1 heterocycles. The standard InChI is InChI=1S/C21H21N/c1-21(2)17-12-6-8-14-19(17)22(16-10-4-3-5-11-16)20-15-9-7-13-18(20)21/h3-6,8-12,14-15H,7,13H2,1-2H3. The van der Waals surface area contributed by atoms with Crippen molar-refractivity contribution >= 4 is 11.4 Å². The van der Waals surface area contributed by atoms with Gasteiger partial charge in [0.15, 0.2) is 0 Å². The molecule has 110 valence electrons. The highest BCUT2D eigenvalue weighted by atomic mass is 15.2. The monoisotopic (exact) mass is 287 g/mol. The first-order valence-electron chi connectivity index (χ1n) is 8.04. The Bertz CT molecular complexity index is 766. The van der Waals surface area contributed by atoms with Gasteiger partial charge in [-0.2, -0.15) is 0 Å². The largest absolute Gasteiger partial charge is 0.310 e. The van der Waals surface area contributed by atoms with Crippen molar-refractivity contribution in [3.05, 3.63) is 83.6 Å². The van der Waals surface area contributed by atoms with E-state index in [-0.39, 0.29) is 5.41 Å². The summed E-state index contributed by atoms with van der Waals surface area (Å²) in [7, 11) is 0. The zero-order chi connectivity index (χ0) is 15.2. The van der Waals surface area contributed by atoms with Crippen LogP contribution in [-0.4, -0.2) is 0 Å². The molecule has 4 rings (SSSR count). The maximum absolute atomic E-state index is 2.42. The van der Waals surface area contributed by atoms with Gasteiger partial charge in [0.05, 0.1) is 5.69 Å². The van der Waals surface area contributed by atoms with Gasteiger partial charge < -0.3 is 4.90 Å². The van der Waals surface area contributed by atoms with E-state index in [1.54, 1.807) is 5.57 Å². The number of benzene rings is 2. The lowest BCUT2D eigenvalue weighted by Crippen LogP contribution is -2.34. The molecule has 22 heavy (non-hydrogen) atoms. The zero-order valence-corrected chi connectivity index (χ0v) is 13.2. The molecule has 0 spiro atoms. The molecule has 1 heteroatoms. The molecular formula is C21H21N. The highest BCUT2D eigenvalue weighted by molar-refractivity contribution is 5.78. The molecule has 0 bridgehead atoms. The Morgan fingerprint density at radius 3 is 2.45 bits per heavy atom.